The second-order valence-corrected chi connectivity index (χ2v) is 5.96. The van der Waals surface area contributed by atoms with Crippen LogP contribution in [0.1, 0.15) is 17.2 Å². The highest BCUT2D eigenvalue weighted by molar-refractivity contribution is 6.11. The molecule has 1 amide bonds. The van der Waals surface area contributed by atoms with Gasteiger partial charge in [0.15, 0.2) is 0 Å². The van der Waals surface area contributed by atoms with Gasteiger partial charge >= 0.3 is 0 Å². The normalized spacial score (nSPS) is 18.7. The first-order valence-electron chi connectivity index (χ1n) is 8.30. The van der Waals surface area contributed by atoms with Crippen LogP contribution in [0.5, 0.6) is 0 Å². The van der Waals surface area contributed by atoms with E-state index in [1.807, 2.05) is 97.1 Å². The van der Waals surface area contributed by atoms with Gasteiger partial charge in [-0.1, -0.05) is 78.9 Å². The number of nitrogens with zero attached hydrogens (tertiary/aromatic N) is 1. The number of anilines is 1. The smallest absolute Gasteiger partial charge is 0.268 e. The van der Waals surface area contributed by atoms with Crippen molar-refractivity contribution in [3.63, 3.8) is 0 Å². The molecule has 1 aliphatic rings. The van der Waals surface area contributed by atoms with Gasteiger partial charge in [-0.15, -0.1) is 0 Å². The van der Waals surface area contributed by atoms with Crippen LogP contribution in [0.4, 0.5) is 5.69 Å². The van der Waals surface area contributed by atoms with Gasteiger partial charge in [-0.05, 0) is 29.3 Å². The van der Waals surface area contributed by atoms with Crippen LogP contribution >= 0.6 is 0 Å². The van der Waals surface area contributed by atoms with Gasteiger partial charge in [-0.25, -0.2) is 10.4 Å². The van der Waals surface area contributed by atoms with Gasteiger partial charge < -0.3 is 0 Å². The molecule has 0 radical (unpaired) electrons. The van der Waals surface area contributed by atoms with E-state index < -0.39 is 0 Å². The Labute approximate surface area is 147 Å². The fourth-order valence-electron chi connectivity index (χ4n) is 3.05. The molecule has 4 rings (SSSR count). The highest BCUT2D eigenvalue weighted by Crippen LogP contribution is 2.33. The van der Waals surface area contributed by atoms with E-state index in [9.17, 15) is 4.79 Å². The zero-order chi connectivity index (χ0) is 17.1. The summed E-state index contributed by atoms with van der Waals surface area (Å²) in [6.45, 7) is 0. The molecule has 1 N–H and O–H groups in total. The second kappa shape index (κ2) is 6.75. The zero-order valence-electron chi connectivity index (χ0n) is 13.7. The zero-order valence-corrected chi connectivity index (χ0v) is 13.7. The van der Waals surface area contributed by atoms with Crippen LogP contribution in [0.3, 0.4) is 0 Å². The lowest BCUT2D eigenvalue weighted by Crippen LogP contribution is -2.35. The monoisotopic (exact) mass is 326 g/mol. The Morgan fingerprint density at radius 1 is 0.760 bits per heavy atom. The minimum Gasteiger partial charge on any atom is -0.268 e. The van der Waals surface area contributed by atoms with Crippen LogP contribution in [-0.4, -0.2) is 5.91 Å². The maximum atomic E-state index is 13.1. The standard InChI is InChI=1S/C22H18N2O/c25-22-20(16-17-10-4-1-5-11-17)21(18-12-6-2-7-13-18)23-24(22)19-14-8-3-9-15-19/h1-16,21,23H. The van der Waals surface area contributed by atoms with Gasteiger partial charge in [-0.2, -0.15) is 0 Å². The number of benzene rings is 3. The molecule has 1 unspecified atom stereocenters. The molecule has 1 saturated heterocycles. The molecule has 1 fully saturated rings. The molecule has 3 aromatic rings. The predicted octanol–water partition coefficient (Wildman–Crippen LogP) is 4.36. The Morgan fingerprint density at radius 2 is 1.32 bits per heavy atom. The number of hydrogen-bond donors (Lipinski definition) is 1. The van der Waals surface area contributed by atoms with Crippen molar-refractivity contribution in [1.29, 1.82) is 0 Å². The third kappa shape index (κ3) is 3.10. The number of hydrazine groups is 1. The van der Waals surface area contributed by atoms with Gasteiger partial charge in [-0.3, -0.25) is 4.79 Å². The maximum Gasteiger partial charge on any atom is 0.270 e. The van der Waals surface area contributed by atoms with Crippen molar-refractivity contribution in [1.82, 2.24) is 5.43 Å². The molecular formula is C22H18N2O. The summed E-state index contributed by atoms with van der Waals surface area (Å²) >= 11 is 0. The van der Waals surface area contributed by atoms with E-state index in [-0.39, 0.29) is 11.9 Å². The quantitative estimate of drug-likeness (QED) is 0.725. The van der Waals surface area contributed by atoms with Crippen LogP contribution in [0.25, 0.3) is 6.08 Å². The van der Waals surface area contributed by atoms with E-state index in [0.29, 0.717) is 0 Å². The maximum absolute atomic E-state index is 13.1. The topological polar surface area (TPSA) is 32.3 Å². The summed E-state index contributed by atoms with van der Waals surface area (Å²) < 4.78 is 0. The number of nitrogens with one attached hydrogen (secondary N) is 1. The van der Waals surface area contributed by atoms with E-state index in [2.05, 4.69) is 5.43 Å². The van der Waals surface area contributed by atoms with E-state index in [1.165, 1.54) is 0 Å². The number of carbonyl (C=O) groups is 1. The lowest BCUT2D eigenvalue weighted by molar-refractivity contribution is -0.114. The van der Waals surface area contributed by atoms with Gasteiger partial charge in [0, 0.05) is 5.57 Å². The highest BCUT2D eigenvalue weighted by atomic mass is 16.2. The number of hydrogen-bond acceptors (Lipinski definition) is 2. The number of rotatable bonds is 3. The summed E-state index contributed by atoms with van der Waals surface area (Å²) in [7, 11) is 0. The summed E-state index contributed by atoms with van der Waals surface area (Å²) in [5.41, 5.74) is 7.02. The molecule has 1 heterocycles. The Balaban J connectivity index is 1.78. The van der Waals surface area contributed by atoms with Crippen molar-refractivity contribution in [2.45, 2.75) is 6.04 Å². The Morgan fingerprint density at radius 3 is 1.96 bits per heavy atom. The van der Waals surface area contributed by atoms with Crippen LogP contribution in [0.2, 0.25) is 0 Å². The van der Waals surface area contributed by atoms with Crippen LogP contribution < -0.4 is 10.4 Å². The van der Waals surface area contributed by atoms with E-state index >= 15 is 0 Å². The van der Waals surface area contributed by atoms with Gasteiger partial charge in [0.05, 0.1) is 11.7 Å². The molecule has 3 heteroatoms. The van der Waals surface area contributed by atoms with Crippen LogP contribution in [0.15, 0.2) is 96.6 Å². The van der Waals surface area contributed by atoms with Crippen molar-refractivity contribution in [2.75, 3.05) is 5.01 Å². The number of para-hydroxylation sites is 1. The molecule has 0 aromatic heterocycles. The lowest BCUT2D eigenvalue weighted by Gasteiger charge is -2.17. The third-order valence-corrected chi connectivity index (χ3v) is 4.29. The van der Waals surface area contributed by atoms with Gasteiger partial charge in [0.1, 0.15) is 0 Å². The SMILES string of the molecule is O=C1C(=Cc2ccccc2)C(c2ccccc2)NN1c1ccccc1. The molecule has 122 valence electrons. The second-order valence-electron chi connectivity index (χ2n) is 5.96. The molecule has 25 heavy (non-hydrogen) atoms. The Bertz CT molecular complexity index is 889. The molecule has 0 spiro atoms. The number of carbonyl (C=O) groups excluding carboxylic acids is 1. The summed E-state index contributed by atoms with van der Waals surface area (Å²) in [6, 6.07) is 29.5. The van der Waals surface area contributed by atoms with E-state index in [0.717, 1.165) is 22.4 Å². The summed E-state index contributed by atoms with van der Waals surface area (Å²) in [4.78, 5) is 13.1. The van der Waals surface area contributed by atoms with Crippen molar-refractivity contribution >= 4 is 17.7 Å². The average molecular weight is 326 g/mol. The molecule has 1 atom stereocenters. The van der Waals surface area contributed by atoms with Crippen LogP contribution in [0, 0.1) is 0 Å². The predicted molar refractivity (Wildman–Crippen MR) is 101 cm³/mol. The molecular weight excluding hydrogens is 308 g/mol. The molecule has 0 saturated carbocycles. The van der Waals surface area contributed by atoms with E-state index in [4.69, 9.17) is 0 Å². The van der Waals surface area contributed by atoms with Crippen molar-refractivity contribution < 1.29 is 4.79 Å². The molecule has 3 aromatic carbocycles. The van der Waals surface area contributed by atoms with Gasteiger partial charge in [0.2, 0.25) is 0 Å². The van der Waals surface area contributed by atoms with Gasteiger partial charge in [0.25, 0.3) is 5.91 Å². The first-order chi connectivity index (χ1) is 12.3. The van der Waals surface area contributed by atoms with Crippen LogP contribution in [-0.2, 0) is 4.79 Å². The summed E-state index contributed by atoms with van der Waals surface area (Å²) in [5, 5.41) is 1.63. The third-order valence-electron chi connectivity index (χ3n) is 4.29. The minimum absolute atomic E-state index is 0.0242. The molecule has 3 nitrogen and oxygen atoms in total. The van der Waals surface area contributed by atoms with Crippen molar-refractivity contribution in [2.24, 2.45) is 0 Å². The Hall–Kier alpha value is -3.17. The van der Waals surface area contributed by atoms with Crippen molar-refractivity contribution in [3.05, 3.63) is 108 Å². The molecule has 1 aliphatic heterocycles. The highest BCUT2D eigenvalue weighted by Gasteiger charge is 2.36. The Kier molecular flexibility index (Phi) is 4.15. The molecule has 0 aliphatic carbocycles. The fourth-order valence-corrected chi connectivity index (χ4v) is 3.05. The fraction of sp³-hybridized carbons (Fsp3) is 0.0455. The lowest BCUT2D eigenvalue weighted by atomic mass is 9.98. The average Bonchev–Trinajstić information content (AvgIpc) is 3.01. The largest absolute Gasteiger partial charge is 0.270 e. The minimum atomic E-state index is -0.172. The first kappa shape index (κ1) is 15.4. The first-order valence-corrected chi connectivity index (χ1v) is 8.30. The molecule has 0 bridgehead atoms. The summed E-state index contributed by atoms with van der Waals surface area (Å²) in [5.74, 6) is -0.0242. The summed E-state index contributed by atoms with van der Waals surface area (Å²) in [6.07, 6.45) is 1.97. The number of amides is 1. The van der Waals surface area contributed by atoms with E-state index in [1.54, 1.807) is 5.01 Å². The van der Waals surface area contributed by atoms with Crippen molar-refractivity contribution in [3.8, 4) is 0 Å².